The Morgan fingerprint density at radius 2 is 1.89 bits per heavy atom. The van der Waals surface area contributed by atoms with Crippen LogP contribution in [0.5, 0.6) is 0 Å². The number of anilines is 1. The molecule has 2 N–H and O–H groups in total. The van der Waals surface area contributed by atoms with Gasteiger partial charge in [0.05, 0.1) is 12.6 Å². The molecule has 142 valence electrons. The second kappa shape index (κ2) is 9.20. The predicted octanol–water partition coefficient (Wildman–Crippen LogP) is 3.45. The first kappa shape index (κ1) is 19.7. The van der Waals surface area contributed by atoms with Crippen molar-refractivity contribution >= 4 is 46.1 Å². The summed E-state index contributed by atoms with van der Waals surface area (Å²) in [5.74, 6) is -0.632. The van der Waals surface area contributed by atoms with E-state index in [1.165, 1.54) is 6.21 Å². The minimum atomic E-state index is -0.351. The molecule has 0 aliphatic rings. The van der Waals surface area contributed by atoms with Crippen LogP contribution in [0.3, 0.4) is 0 Å². The van der Waals surface area contributed by atoms with Crippen LogP contribution in [0.15, 0.2) is 53.6 Å². The number of amides is 2. The minimum Gasteiger partial charge on any atom is -0.296 e. The first-order valence-electron chi connectivity index (χ1n) is 8.28. The number of halogens is 1. The number of hydrogen-bond donors (Lipinski definition) is 2. The van der Waals surface area contributed by atoms with Gasteiger partial charge in [-0.15, -0.1) is 10.2 Å². The number of benzene rings is 2. The Bertz CT molecular complexity index is 1020. The molecular weight excluding hydrogens is 398 g/mol. The molecule has 0 fully saturated rings. The zero-order valence-electron chi connectivity index (χ0n) is 14.8. The van der Waals surface area contributed by atoms with E-state index in [-0.39, 0.29) is 18.2 Å². The molecule has 0 aliphatic carbocycles. The molecule has 0 unspecified atom stereocenters. The molecule has 3 aromatic rings. The highest BCUT2D eigenvalue weighted by molar-refractivity contribution is 7.15. The Morgan fingerprint density at radius 3 is 2.64 bits per heavy atom. The Kier molecular flexibility index (Phi) is 6.46. The van der Waals surface area contributed by atoms with Gasteiger partial charge < -0.3 is 0 Å². The van der Waals surface area contributed by atoms with Gasteiger partial charge in [0.25, 0.3) is 5.91 Å². The van der Waals surface area contributed by atoms with E-state index in [1.807, 2.05) is 31.2 Å². The molecule has 2 amide bonds. The summed E-state index contributed by atoms with van der Waals surface area (Å²) in [6, 6.07) is 14.3. The molecule has 0 aliphatic heterocycles. The third-order valence-corrected chi connectivity index (χ3v) is 4.79. The number of carbonyl (C=O) groups excluding carboxylic acids is 2. The zero-order valence-corrected chi connectivity index (χ0v) is 16.4. The topological polar surface area (TPSA) is 96.3 Å². The van der Waals surface area contributed by atoms with Gasteiger partial charge in [-0.3, -0.25) is 14.9 Å². The number of aryl methyl sites for hydroxylation is 1. The summed E-state index contributed by atoms with van der Waals surface area (Å²) < 4.78 is 0. The monoisotopic (exact) mass is 413 g/mol. The Labute approximate surface area is 170 Å². The molecule has 3 rings (SSSR count). The Balaban J connectivity index is 1.52. The van der Waals surface area contributed by atoms with Crippen molar-refractivity contribution in [1.29, 1.82) is 0 Å². The van der Waals surface area contributed by atoms with Gasteiger partial charge in [0, 0.05) is 16.1 Å². The number of aromatic nitrogens is 2. The van der Waals surface area contributed by atoms with Crippen molar-refractivity contribution in [2.24, 2.45) is 5.10 Å². The number of nitrogens with one attached hydrogen (secondary N) is 2. The molecule has 0 spiro atoms. The quantitative estimate of drug-likeness (QED) is 0.477. The van der Waals surface area contributed by atoms with Crippen LogP contribution in [-0.2, 0) is 11.2 Å². The van der Waals surface area contributed by atoms with Crippen LogP contribution in [0, 0.1) is 6.92 Å². The summed E-state index contributed by atoms with van der Waals surface area (Å²) in [5, 5.41) is 15.7. The van der Waals surface area contributed by atoms with E-state index in [4.69, 9.17) is 11.6 Å². The van der Waals surface area contributed by atoms with Gasteiger partial charge >= 0.3 is 0 Å². The lowest BCUT2D eigenvalue weighted by Gasteiger charge is -2.01. The number of nitrogens with zero attached hydrogens (tertiary/aromatic N) is 3. The summed E-state index contributed by atoms with van der Waals surface area (Å²) in [4.78, 5) is 24.1. The molecular formula is C19H16ClN5O2S. The minimum absolute atomic E-state index is 0.00205. The van der Waals surface area contributed by atoms with E-state index < -0.39 is 0 Å². The maximum atomic E-state index is 12.2. The van der Waals surface area contributed by atoms with E-state index in [0.717, 1.165) is 16.9 Å². The van der Waals surface area contributed by atoms with Crippen molar-refractivity contribution in [1.82, 2.24) is 15.6 Å². The number of hydrazone groups is 1. The maximum absolute atomic E-state index is 12.2. The highest BCUT2D eigenvalue weighted by Crippen LogP contribution is 2.17. The van der Waals surface area contributed by atoms with E-state index in [2.05, 4.69) is 26.0 Å². The normalized spacial score (nSPS) is 10.8. The molecule has 0 radical (unpaired) electrons. The maximum Gasteiger partial charge on any atom is 0.257 e. The number of carbonyl (C=O) groups is 2. The number of hydrogen-bond acceptors (Lipinski definition) is 6. The smallest absolute Gasteiger partial charge is 0.257 e. The Morgan fingerprint density at radius 1 is 1.14 bits per heavy atom. The van der Waals surface area contributed by atoms with Crippen LogP contribution >= 0.6 is 22.9 Å². The van der Waals surface area contributed by atoms with Crippen molar-refractivity contribution in [3.05, 3.63) is 75.3 Å². The fourth-order valence-electron chi connectivity index (χ4n) is 2.18. The standard InChI is InChI=1S/C19H16ClN5O2S/c1-12-6-8-13(9-7-12)18(27)22-19-25-24-17(28-19)10-16(26)23-21-11-14-4-2-3-5-15(14)20/h2-9,11H,10H2,1H3,(H,23,26)(H,22,25,27). The van der Waals surface area contributed by atoms with E-state index in [9.17, 15) is 9.59 Å². The molecule has 0 saturated heterocycles. The second-order valence-corrected chi connectivity index (χ2v) is 7.28. The second-order valence-electron chi connectivity index (χ2n) is 5.81. The van der Waals surface area contributed by atoms with E-state index in [1.54, 1.807) is 24.3 Å². The molecule has 1 heterocycles. The third kappa shape index (κ3) is 5.45. The first-order valence-corrected chi connectivity index (χ1v) is 9.47. The van der Waals surface area contributed by atoms with Gasteiger partial charge in [0.15, 0.2) is 0 Å². The van der Waals surface area contributed by atoms with Gasteiger partial charge in [0.2, 0.25) is 11.0 Å². The lowest BCUT2D eigenvalue weighted by Crippen LogP contribution is -2.19. The van der Waals surface area contributed by atoms with Gasteiger partial charge in [0.1, 0.15) is 5.01 Å². The highest BCUT2D eigenvalue weighted by Gasteiger charge is 2.12. The van der Waals surface area contributed by atoms with Crippen molar-refractivity contribution in [2.45, 2.75) is 13.3 Å². The average molecular weight is 414 g/mol. The van der Waals surface area contributed by atoms with Crippen molar-refractivity contribution < 1.29 is 9.59 Å². The van der Waals surface area contributed by atoms with Crippen LogP contribution in [0.2, 0.25) is 5.02 Å². The van der Waals surface area contributed by atoms with E-state index >= 15 is 0 Å². The molecule has 28 heavy (non-hydrogen) atoms. The third-order valence-electron chi connectivity index (χ3n) is 3.61. The predicted molar refractivity (Wildman–Crippen MR) is 110 cm³/mol. The molecule has 0 atom stereocenters. The fraction of sp³-hybridized carbons (Fsp3) is 0.105. The van der Waals surface area contributed by atoms with Gasteiger partial charge in [-0.25, -0.2) is 5.43 Å². The van der Waals surface area contributed by atoms with Crippen LogP contribution in [-0.4, -0.2) is 28.2 Å². The molecule has 0 saturated carbocycles. The highest BCUT2D eigenvalue weighted by atomic mass is 35.5. The van der Waals surface area contributed by atoms with Crippen LogP contribution < -0.4 is 10.7 Å². The Hall–Kier alpha value is -3.10. The largest absolute Gasteiger partial charge is 0.296 e. The van der Waals surface area contributed by atoms with Crippen molar-refractivity contribution in [2.75, 3.05) is 5.32 Å². The van der Waals surface area contributed by atoms with Crippen molar-refractivity contribution in [3.8, 4) is 0 Å². The SMILES string of the molecule is Cc1ccc(C(=O)Nc2nnc(CC(=O)NN=Cc3ccccc3Cl)s2)cc1. The van der Waals surface area contributed by atoms with Crippen LogP contribution in [0.4, 0.5) is 5.13 Å². The summed E-state index contributed by atoms with van der Waals surface area (Å²) in [6.45, 7) is 1.95. The summed E-state index contributed by atoms with van der Waals surface area (Å²) in [5.41, 5.74) is 4.70. The van der Waals surface area contributed by atoms with Crippen LogP contribution in [0.1, 0.15) is 26.5 Å². The number of rotatable bonds is 6. The molecule has 1 aromatic heterocycles. The van der Waals surface area contributed by atoms with Gasteiger partial charge in [-0.1, -0.05) is 58.8 Å². The van der Waals surface area contributed by atoms with Gasteiger partial charge in [-0.05, 0) is 25.1 Å². The molecule has 7 nitrogen and oxygen atoms in total. The van der Waals surface area contributed by atoms with E-state index in [0.29, 0.717) is 26.3 Å². The average Bonchev–Trinajstić information content (AvgIpc) is 3.10. The molecule has 0 bridgehead atoms. The van der Waals surface area contributed by atoms with Gasteiger partial charge in [-0.2, -0.15) is 5.10 Å². The lowest BCUT2D eigenvalue weighted by atomic mass is 10.1. The summed E-state index contributed by atoms with van der Waals surface area (Å²) in [6.07, 6.45) is 1.46. The van der Waals surface area contributed by atoms with Crippen molar-refractivity contribution in [3.63, 3.8) is 0 Å². The van der Waals surface area contributed by atoms with Crippen LogP contribution in [0.25, 0.3) is 0 Å². The fourth-order valence-corrected chi connectivity index (χ4v) is 3.10. The summed E-state index contributed by atoms with van der Waals surface area (Å²) >= 11 is 7.14. The first-order chi connectivity index (χ1) is 13.5. The zero-order chi connectivity index (χ0) is 19.9. The summed E-state index contributed by atoms with van der Waals surface area (Å²) in [7, 11) is 0. The lowest BCUT2D eigenvalue weighted by molar-refractivity contribution is -0.120. The molecule has 2 aromatic carbocycles. The molecule has 9 heteroatoms.